The maximum absolute atomic E-state index is 12.8. The number of carbonyl (C=O) groups excluding carboxylic acids is 1. The van der Waals surface area contributed by atoms with Gasteiger partial charge in [0.1, 0.15) is 12.2 Å². The fourth-order valence-electron chi connectivity index (χ4n) is 1.94. The monoisotopic (exact) mass is 326 g/mol. The van der Waals surface area contributed by atoms with Crippen LogP contribution in [0.3, 0.4) is 0 Å². The lowest BCUT2D eigenvalue weighted by Crippen LogP contribution is -2.57. The van der Waals surface area contributed by atoms with Gasteiger partial charge in [-0.3, -0.25) is 9.48 Å². The van der Waals surface area contributed by atoms with E-state index in [2.05, 4.69) is 10.2 Å². The van der Waals surface area contributed by atoms with Crippen molar-refractivity contribution < 1.29 is 31.9 Å². The first-order chi connectivity index (χ1) is 10.1. The van der Waals surface area contributed by atoms with E-state index in [4.69, 9.17) is 0 Å². The van der Waals surface area contributed by atoms with Crippen LogP contribution in [0, 0.1) is 6.92 Å². The molecule has 22 heavy (non-hydrogen) atoms. The Morgan fingerprint density at radius 2 is 2.14 bits per heavy atom. The third-order valence-corrected chi connectivity index (χ3v) is 3.12. The molecule has 1 amide bonds. The second kappa shape index (κ2) is 5.30. The minimum absolute atomic E-state index is 0.101. The van der Waals surface area contributed by atoms with Crippen molar-refractivity contribution >= 4 is 12.1 Å². The molecular weight excluding hydrogens is 315 g/mol. The predicted molar refractivity (Wildman–Crippen MR) is 62.9 cm³/mol. The topological polar surface area (TPSA) is 70.7 Å². The van der Waals surface area contributed by atoms with E-state index in [9.17, 15) is 31.9 Å². The Morgan fingerprint density at radius 1 is 1.50 bits per heavy atom. The highest BCUT2D eigenvalue weighted by atomic mass is 19.4. The molecule has 0 aromatic carbocycles. The molecule has 1 aromatic rings. The molecule has 2 heterocycles. The second-order valence-electron chi connectivity index (χ2n) is 4.69. The smallest absolute Gasteiger partial charge is 0.362 e. The lowest BCUT2D eigenvalue weighted by Gasteiger charge is -2.32. The third-order valence-electron chi connectivity index (χ3n) is 3.12. The summed E-state index contributed by atoms with van der Waals surface area (Å²) in [6.07, 6.45) is -8.12. The van der Waals surface area contributed by atoms with Crippen molar-refractivity contribution in [2.24, 2.45) is 5.10 Å². The molecule has 1 aliphatic heterocycles. The van der Waals surface area contributed by atoms with Crippen molar-refractivity contribution in [3.8, 4) is 0 Å². The Hall–Kier alpha value is -2.04. The first-order valence-corrected chi connectivity index (χ1v) is 6.03. The SMILES string of the molecule is Cc1cc(C(F)F)nn1CC(=O)N1N=CC[C@@]1(O)C(F)(F)F. The van der Waals surface area contributed by atoms with Gasteiger partial charge >= 0.3 is 6.18 Å². The Kier molecular flexibility index (Phi) is 3.94. The van der Waals surface area contributed by atoms with Crippen molar-refractivity contribution in [1.82, 2.24) is 14.8 Å². The number of hydrogen-bond acceptors (Lipinski definition) is 4. The van der Waals surface area contributed by atoms with Crippen LogP contribution >= 0.6 is 0 Å². The quantitative estimate of drug-likeness (QED) is 0.858. The normalized spacial score (nSPS) is 21.9. The van der Waals surface area contributed by atoms with Gasteiger partial charge in [-0.05, 0) is 13.0 Å². The number of hydrazone groups is 1. The van der Waals surface area contributed by atoms with Crippen LogP contribution < -0.4 is 0 Å². The third kappa shape index (κ3) is 2.67. The molecule has 1 aliphatic rings. The molecule has 0 radical (unpaired) electrons. The Morgan fingerprint density at radius 3 is 2.64 bits per heavy atom. The van der Waals surface area contributed by atoms with Crippen molar-refractivity contribution in [2.75, 3.05) is 0 Å². The van der Waals surface area contributed by atoms with Gasteiger partial charge in [-0.1, -0.05) is 0 Å². The van der Waals surface area contributed by atoms with Crippen LogP contribution in [0.25, 0.3) is 0 Å². The lowest BCUT2D eigenvalue weighted by atomic mass is 10.1. The summed E-state index contributed by atoms with van der Waals surface area (Å²) in [5.74, 6) is -1.22. The highest BCUT2D eigenvalue weighted by molar-refractivity contribution is 5.80. The predicted octanol–water partition coefficient (Wildman–Crippen LogP) is 1.60. The van der Waals surface area contributed by atoms with E-state index in [1.165, 1.54) is 6.92 Å². The number of rotatable bonds is 3. The van der Waals surface area contributed by atoms with E-state index in [0.717, 1.165) is 17.0 Å². The number of carbonyl (C=O) groups is 1. The fraction of sp³-hybridized carbons (Fsp3) is 0.545. The van der Waals surface area contributed by atoms with Crippen LogP contribution in [0.4, 0.5) is 22.0 Å². The summed E-state index contributed by atoms with van der Waals surface area (Å²) in [4.78, 5) is 11.9. The summed E-state index contributed by atoms with van der Waals surface area (Å²) in [5.41, 5.74) is -3.86. The van der Waals surface area contributed by atoms with Gasteiger partial charge in [0, 0.05) is 18.3 Å². The summed E-state index contributed by atoms with van der Waals surface area (Å²) >= 11 is 0. The molecule has 1 N–H and O–H groups in total. The van der Waals surface area contributed by atoms with Crippen molar-refractivity contribution in [2.45, 2.75) is 38.2 Å². The number of alkyl halides is 5. The van der Waals surface area contributed by atoms with Crippen LogP contribution in [0.5, 0.6) is 0 Å². The summed E-state index contributed by atoms with van der Waals surface area (Å²) in [5, 5.41) is 16.2. The van der Waals surface area contributed by atoms with E-state index >= 15 is 0 Å². The first-order valence-electron chi connectivity index (χ1n) is 6.03. The molecule has 0 aliphatic carbocycles. The number of amides is 1. The highest BCUT2D eigenvalue weighted by Crippen LogP contribution is 2.38. The minimum atomic E-state index is -5.10. The molecule has 2 rings (SSSR count). The van der Waals surface area contributed by atoms with E-state index in [0.29, 0.717) is 0 Å². The summed E-state index contributed by atoms with van der Waals surface area (Å²) in [6, 6.07) is 1.02. The molecule has 0 saturated carbocycles. The van der Waals surface area contributed by atoms with Crippen molar-refractivity contribution in [3.63, 3.8) is 0 Å². The number of nitrogens with zero attached hydrogens (tertiary/aromatic N) is 4. The molecular formula is C11H11F5N4O2. The minimum Gasteiger partial charge on any atom is -0.362 e. The lowest BCUT2D eigenvalue weighted by molar-refractivity contribution is -0.302. The van der Waals surface area contributed by atoms with Crippen LogP contribution in [0.1, 0.15) is 24.2 Å². The average molecular weight is 326 g/mol. The standard InChI is InChI=1S/C11H11F5N4O2/c1-6-4-7(9(12)13)18-19(6)5-8(21)20-10(22,2-3-17-20)11(14,15)16/h3-4,9,22H,2,5H2,1H3/t10-/m1/s1. The summed E-state index contributed by atoms with van der Waals surface area (Å²) < 4.78 is 64.3. The highest BCUT2D eigenvalue weighted by Gasteiger charge is 2.61. The molecule has 0 bridgehead atoms. The Bertz CT molecular complexity index is 612. The van der Waals surface area contributed by atoms with Gasteiger partial charge in [-0.15, -0.1) is 0 Å². The Balaban J connectivity index is 2.21. The molecule has 6 nitrogen and oxygen atoms in total. The van der Waals surface area contributed by atoms with E-state index in [-0.39, 0.29) is 10.7 Å². The van der Waals surface area contributed by atoms with Gasteiger partial charge in [0.05, 0.1) is 0 Å². The maximum atomic E-state index is 12.8. The maximum Gasteiger partial charge on any atom is 0.438 e. The number of aromatic nitrogens is 2. The first kappa shape index (κ1) is 16.3. The number of aliphatic hydroxyl groups is 1. The molecule has 0 spiro atoms. The second-order valence-corrected chi connectivity index (χ2v) is 4.69. The largest absolute Gasteiger partial charge is 0.438 e. The van der Waals surface area contributed by atoms with Gasteiger partial charge in [0.25, 0.3) is 18.1 Å². The van der Waals surface area contributed by atoms with Crippen molar-refractivity contribution in [3.05, 3.63) is 17.5 Å². The van der Waals surface area contributed by atoms with Crippen LogP contribution in [0.2, 0.25) is 0 Å². The molecule has 1 atom stereocenters. The van der Waals surface area contributed by atoms with Gasteiger partial charge in [-0.2, -0.15) is 28.4 Å². The van der Waals surface area contributed by atoms with Gasteiger partial charge < -0.3 is 5.11 Å². The summed E-state index contributed by atoms with van der Waals surface area (Å²) in [7, 11) is 0. The Labute approximate surface area is 120 Å². The number of hydrogen-bond donors (Lipinski definition) is 1. The zero-order chi connectivity index (χ0) is 16.7. The zero-order valence-corrected chi connectivity index (χ0v) is 11.2. The molecule has 1 aromatic heterocycles. The molecule has 11 heteroatoms. The number of aryl methyl sites for hydroxylation is 1. The van der Waals surface area contributed by atoms with Crippen molar-refractivity contribution in [1.29, 1.82) is 0 Å². The van der Waals surface area contributed by atoms with Gasteiger partial charge in [0.2, 0.25) is 0 Å². The number of halogens is 5. The molecule has 122 valence electrons. The average Bonchev–Trinajstić information content (AvgIpc) is 2.94. The van der Waals surface area contributed by atoms with E-state index in [1.807, 2.05) is 0 Å². The van der Waals surface area contributed by atoms with E-state index < -0.39 is 42.9 Å². The van der Waals surface area contributed by atoms with Crippen LogP contribution in [0.15, 0.2) is 11.2 Å². The van der Waals surface area contributed by atoms with Crippen LogP contribution in [-0.2, 0) is 11.3 Å². The molecule has 0 unspecified atom stereocenters. The summed E-state index contributed by atoms with van der Waals surface area (Å²) in [6.45, 7) is 0.615. The van der Waals surface area contributed by atoms with Gasteiger partial charge in [-0.25, -0.2) is 8.78 Å². The zero-order valence-electron chi connectivity index (χ0n) is 11.2. The fourth-order valence-corrected chi connectivity index (χ4v) is 1.94. The molecule has 0 saturated heterocycles. The van der Waals surface area contributed by atoms with Gasteiger partial charge in [0.15, 0.2) is 0 Å². The van der Waals surface area contributed by atoms with E-state index in [1.54, 1.807) is 0 Å². The molecule has 0 fully saturated rings. The van der Waals surface area contributed by atoms with Crippen LogP contribution in [-0.4, -0.2) is 43.9 Å².